The summed E-state index contributed by atoms with van der Waals surface area (Å²) in [5.74, 6) is 0.522. The molecule has 1 aromatic heterocycles. The van der Waals surface area contributed by atoms with Gasteiger partial charge in [-0.1, -0.05) is 17.4 Å². The maximum Gasteiger partial charge on any atom is 0.280 e. The van der Waals surface area contributed by atoms with E-state index in [0.717, 1.165) is 32.8 Å². The van der Waals surface area contributed by atoms with Gasteiger partial charge < -0.3 is 9.64 Å². The van der Waals surface area contributed by atoms with E-state index in [2.05, 4.69) is 16.2 Å². The number of carbonyl (C=O) groups is 1. The van der Waals surface area contributed by atoms with Crippen molar-refractivity contribution in [1.29, 1.82) is 0 Å². The number of nitrogens with zero attached hydrogens (tertiary/aromatic N) is 4. The summed E-state index contributed by atoms with van der Waals surface area (Å²) in [7, 11) is 5.55. The largest absolute Gasteiger partial charge is 0.497 e. The number of carbonyl (C=O) groups excluding carboxylic acids is 1. The SMILES string of the molecule is COc1ccc(/C=N/N(C(=O)c2ccc(N(C)C)cc2)c2nc3ccc(C)cc3s2)cc1. The topological polar surface area (TPSA) is 58.0 Å². The van der Waals surface area contributed by atoms with Crippen molar-refractivity contribution in [3.8, 4) is 5.75 Å². The molecule has 4 rings (SSSR count). The van der Waals surface area contributed by atoms with Crippen molar-refractivity contribution in [3.63, 3.8) is 0 Å². The van der Waals surface area contributed by atoms with Crippen LogP contribution < -0.4 is 14.6 Å². The van der Waals surface area contributed by atoms with Crippen molar-refractivity contribution in [2.45, 2.75) is 6.92 Å². The fourth-order valence-electron chi connectivity index (χ4n) is 3.14. The lowest BCUT2D eigenvalue weighted by molar-refractivity contribution is 0.0988. The molecule has 0 N–H and O–H groups in total. The number of thiazole rings is 1. The molecule has 32 heavy (non-hydrogen) atoms. The molecule has 162 valence electrons. The van der Waals surface area contributed by atoms with Crippen molar-refractivity contribution in [1.82, 2.24) is 4.98 Å². The number of anilines is 2. The first-order valence-corrected chi connectivity index (χ1v) is 10.9. The van der Waals surface area contributed by atoms with Gasteiger partial charge in [-0.3, -0.25) is 4.79 Å². The number of hydrogen-bond acceptors (Lipinski definition) is 6. The van der Waals surface area contributed by atoms with E-state index in [1.165, 1.54) is 16.3 Å². The second-order valence-corrected chi connectivity index (χ2v) is 8.55. The minimum Gasteiger partial charge on any atom is -0.497 e. The van der Waals surface area contributed by atoms with Gasteiger partial charge in [0.25, 0.3) is 5.91 Å². The van der Waals surface area contributed by atoms with Crippen LogP contribution in [0.1, 0.15) is 21.5 Å². The standard InChI is InChI=1S/C25H24N4O2S/c1-17-5-14-22-23(15-17)32-25(27-22)29(26-16-18-6-12-21(31-4)13-7-18)24(30)19-8-10-20(11-9-19)28(2)3/h5-16H,1-4H3/b26-16+. The Morgan fingerprint density at radius 3 is 2.41 bits per heavy atom. The Balaban J connectivity index is 1.72. The molecular weight excluding hydrogens is 420 g/mol. The zero-order chi connectivity index (χ0) is 22.7. The van der Waals surface area contributed by atoms with E-state index in [4.69, 9.17) is 4.74 Å². The molecular formula is C25H24N4O2S. The molecule has 4 aromatic rings. The summed E-state index contributed by atoms with van der Waals surface area (Å²) in [6.07, 6.45) is 1.66. The molecule has 0 aliphatic carbocycles. The van der Waals surface area contributed by atoms with E-state index in [1.54, 1.807) is 13.3 Å². The third-order valence-electron chi connectivity index (χ3n) is 4.97. The highest BCUT2D eigenvalue weighted by Crippen LogP contribution is 2.31. The zero-order valence-electron chi connectivity index (χ0n) is 18.4. The number of ether oxygens (including phenoxy) is 1. The summed E-state index contributed by atoms with van der Waals surface area (Å²) >= 11 is 1.44. The first-order chi connectivity index (χ1) is 15.4. The van der Waals surface area contributed by atoms with Crippen LogP contribution in [0.5, 0.6) is 5.75 Å². The van der Waals surface area contributed by atoms with Crippen molar-refractivity contribution in [2.24, 2.45) is 5.10 Å². The fourth-order valence-corrected chi connectivity index (χ4v) is 4.16. The summed E-state index contributed by atoms with van der Waals surface area (Å²) in [5, 5.41) is 6.42. The average Bonchev–Trinajstić information content (AvgIpc) is 3.22. The molecule has 0 aliphatic heterocycles. The van der Waals surface area contributed by atoms with E-state index in [1.807, 2.05) is 86.6 Å². The van der Waals surface area contributed by atoms with E-state index in [0.29, 0.717) is 10.7 Å². The third-order valence-corrected chi connectivity index (χ3v) is 5.97. The number of hydrazone groups is 1. The maximum atomic E-state index is 13.4. The van der Waals surface area contributed by atoms with Crippen LogP contribution in [0.25, 0.3) is 10.2 Å². The van der Waals surface area contributed by atoms with E-state index >= 15 is 0 Å². The fraction of sp³-hybridized carbons (Fsp3) is 0.160. The number of amides is 1. The van der Waals surface area contributed by atoms with Gasteiger partial charge >= 0.3 is 0 Å². The van der Waals surface area contributed by atoms with Crippen LogP contribution in [0.4, 0.5) is 10.8 Å². The highest BCUT2D eigenvalue weighted by molar-refractivity contribution is 7.22. The van der Waals surface area contributed by atoms with Crippen LogP contribution in [0, 0.1) is 6.92 Å². The number of fused-ring (bicyclic) bond motifs is 1. The molecule has 0 bridgehead atoms. The molecule has 0 saturated heterocycles. The Labute approximate surface area is 191 Å². The Morgan fingerprint density at radius 1 is 1.03 bits per heavy atom. The van der Waals surface area contributed by atoms with Crippen molar-refractivity contribution >= 4 is 44.5 Å². The zero-order valence-corrected chi connectivity index (χ0v) is 19.3. The second-order valence-electron chi connectivity index (χ2n) is 7.54. The average molecular weight is 445 g/mol. The minimum absolute atomic E-state index is 0.240. The van der Waals surface area contributed by atoms with Gasteiger partial charge in [0.2, 0.25) is 5.13 Å². The molecule has 1 heterocycles. The Hall–Kier alpha value is -3.71. The molecule has 0 aliphatic rings. The molecule has 0 spiro atoms. The van der Waals surface area contributed by atoms with Crippen molar-refractivity contribution in [2.75, 3.05) is 31.1 Å². The molecule has 0 radical (unpaired) electrons. The van der Waals surface area contributed by atoms with Gasteiger partial charge in [0.05, 0.1) is 23.5 Å². The third kappa shape index (κ3) is 4.63. The van der Waals surface area contributed by atoms with Crippen molar-refractivity contribution in [3.05, 3.63) is 83.4 Å². The molecule has 0 unspecified atom stereocenters. The van der Waals surface area contributed by atoms with Gasteiger partial charge in [0.1, 0.15) is 5.75 Å². The van der Waals surface area contributed by atoms with Gasteiger partial charge in [-0.05, 0) is 78.7 Å². The molecule has 0 fully saturated rings. The van der Waals surface area contributed by atoms with Crippen LogP contribution in [-0.4, -0.2) is 38.3 Å². The number of aromatic nitrogens is 1. The van der Waals surface area contributed by atoms with Crippen LogP contribution in [-0.2, 0) is 0 Å². The van der Waals surface area contributed by atoms with Crippen LogP contribution in [0.3, 0.4) is 0 Å². The smallest absolute Gasteiger partial charge is 0.280 e. The summed E-state index contributed by atoms with van der Waals surface area (Å²) in [6, 6.07) is 21.0. The second kappa shape index (κ2) is 9.20. The minimum atomic E-state index is -0.240. The summed E-state index contributed by atoms with van der Waals surface area (Å²) in [4.78, 5) is 20.1. The molecule has 0 atom stereocenters. The van der Waals surface area contributed by atoms with Gasteiger partial charge in [-0.2, -0.15) is 10.1 Å². The van der Waals surface area contributed by atoms with Crippen LogP contribution in [0.2, 0.25) is 0 Å². The number of rotatable bonds is 6. The Kier molecular flexibility index (Phi) is 6.18. The van der Waals surface area contributed by atoms with Gasteiger partial charge in [-0.25, -0.2) is 4.98 Å². The van der Waals surface area contributed by atoms with E-state index < -0.39 is 0 Å². The summed E-state index contributed by atoms with van der Waals surface area (Å²) < 4.78 is 6.22. The monoisotopic (exact) mass is 444 g/mol. The lowest BCUT2D eigenvalue weighted by Gasteiger charge is -2.16. The molecule has 6 nitrogen and oxygen atoms in total. The number of methoxy groups -OCH3 is 1. The highest BCUT2D eigenvalue weighted by Gasteiger charge is 2.21. The lowest BCUT2D eigenvalue weighted by atomic mass is 10.2. The molecule has 0 saturated carbocycles. The van der Waals surface area contributed by atoms with Gasteiger partial charge in [0, 0.05) is 25.3 Å². The quantitative estimate of drug-likeness (QED) is 0.297. The van der Waals surface area contributed by atoms with Gasteiger partial charge in [-0.15, -0.1) is 0 Å². The first-order valence-electron chi connectivity index (χ1n) is 10.1. The summed E-state index contributed by atoms with van der Waals surface area (Å²) in [6.45, 7) is 2.04. The molecule has 3 aromatic carbocycles. The van der Waals surface area contributed by atoms with E-state index in [9.17, 15) is 4.79 Å². The first kappa shape index (κ1) is 21.5. The molecule has 7 heteroatoms. The van der Waals surface area contributed by atoms with Crippen LogP contribution >= 0.6 is 11.3 Å². The lowest BCUT2D eigenvalue weighted by Crippen LogP contribution is -2.25. The Morgan fingerprint density at radius 2 is 1.75 bits per heavy atom. The van der Waals surface area contributed by atoms with Crippen LogP contribution in [0.15, 0.2) is 71.8 Å². The highest BCUT2D eigenvalue weighted by atomic mass is 32.1. The predicted octanol–water partition coefficient (Wildman–Crippen LogP) is 5.36. The van der Waals surface area contributed by atoms with Crippen molar-refractivity contribution < 1.29 is 9.53 Å². The predicted molar refractivity (Wildman–Crippen MR) is 133 cm³/mol. The van der Waals surface area contributed by atoms with E-state index in [-0.39, 0.29) is 5.91 Å². The Bertz CT molecular complexity index is 1260. The van der Waals surface area contributed by atoms with Gasteiger partial charge in [0.15, 0.2) is 0 Å². The number of benzene rings is 3. The normalized spacial score (nSPS) is 11.1. The summed E-state index contributed by atoms with van der Waals surface area (Å²) in [5.41, 5.74) is 4.40. The number of aryl methyl sites for hydroxylation is 1. The molecule has 1 amide bonds. The number of hydrogen-bond donors (Lipinski definition) is 0. The maximum absolute atomic E-state index is 13.4.